The molecule has 2 rings (SSSR count). The highest BCUT2D eigenvalue weighted by atomic mass is 15.1. The van der Waals surface area contributed by atoms with Crippen LogP contribution in [-0.4, -0.2) is 23.1 Å². The summed E-state index contributed by atoms with van der Waals surface area (Å²) in [5.74, 6) is 0.177. The summed E-state index contributed by atoms with van der Waals surface area (Å²) >= 11 is 0. The maximum atomic E-state index is 9.30. The number of hydrogen-bond acceptors (Lipinski definition) is 6. The van der Waals surface area contributed by atoms with Gasteiger partial charge in [-0.05, 0) is 38.5 Å². The first-order valence-corrected chi connectivity index (χ1v) is 7.20. The molecule has 0 saturated heterocycles. The van der Waals surface area contributed by atoms with Crippen LogP contribution in [0, 0.1) is 18.3 Å². The first-order chi connectivity index (χ1) is 10.5. The average Bonchev–Trinajstić information content (AvgIpc) is 2.48. The third-order valence-electron chi connectivity index (χ3n) is 3.66. The maximum absolute atomic E-state index is 9.30. The van der Waals surface area contributed by atoms with Crippen LogP contribution in [0.15, 0.2) is 18.2 Å². The van der Waals surface area contributed by atoms with E-state index in [4.69, 9.17) is 11.5 Å². The fourth-order valence-corrected chi connectivity index (χ4v) is 2.50. The van der Waals surface area contributed by atoms with Crippen LogP contribution in [0.5, 0.6) is 0 Å². The Morgan fingerprint density at radius 3 is 2.41 bits per heavy atom. The van der Waals surface area contributed by atoms with Gasteiger partial charge in [0, 0.05) is 24.3 Å². The number of hydrogen-bond donors (Lipinski definition) is 2. The first kappa shape index (κ1) is 15.6. The van der Waals surface area contributed by atoms with Gasteiger partial charge in [0.15, 0.2) is 0 Å². The molecule has 6 heteroatoms. The van der Waals surface area contributed by atoms with E-state index in [-0.39, 0.29) is 17.3 Å². The molecular formula is C16H20N6. The Morgan fingerprint density at radius 2 is 1.86 bits per heavy atom. The minimum atomic E-state index is 0.0683. The number of aryl methyl sites for hydroxylation is 1. The summed E-state index contributed by atoms with van der Waals surface area (Å²) in [5, 5.41) is 9.30. The molecule has 4 N–H and O–H groups in total. The topological polar surface area (TPSA) is 105 Å². The zero-order chi connectivity index (χ0) is 16.3. The molecule has 2 aromatic rings. The Bertz CT molecular complexity index is 728. The molecule has 0 amide bonds. The molecule has 0 saturated carbocycles. The van der Waals surface area contributed by atoms with E-state index < -0.39 is 0 Å². The second-order valence-corrected chi connectivity index (χ2v) is 4.97. The highest BCUT2D eigenvalue weighted by Crippen LogP contribution is 2.30. The van der Waals surface area contributed by atoms with Crippen molar-refractivity contribution in [3.8, 4) is 17.3 Å². The van der Waals surface area contributed by atoms with Gasteiger partial charge in [-0.3, -0.25) is 0 Å². The maximum Gasteiger partial charge on any atom is 0.222 e. The van der Waals surface area contributed by atoms with Gasteiger partial charge in [0.25, 0.3) is 0 Å². The van der Waals surface area contributed by atoms with Gasteiger partial charge in [0.2, 0.25) is 5.95 Å². The molecule has 22 heavy (non-hydrogen) atoms. The van der Waals surface area contributed by atoms with Crippen molar-refractivity contribution in [1.82, 2.24) is 9.97 Å². The summed E-state index contributed by atoms with van der Waals surface area (Å²) in [7, 11) is 0. The Hall–Kier alpha value is -2.81. The van der Waals surface area contributed by atoms with Gasteiger partial charge in [-0.15, -0.1) is 0 Å². The summed E-state index contributed by atoms with van der Waals surface area (Å²) in [6, 6.07) is 8.11. The quantitative estimate of drug-likeness (QED) is 0.897. The molecule has 0 spiro atoms. The molecular weight excluding hydrogens is 276 g/mol. The predicted octanol–water partition coefficient (Wildman–Crippen LogP) is 2.33. The lowest BCUT2D eigenvalue weighted by atomic mass is 10.0. The fraction of sp³-hybridized carbons (Fsp3) is 0.312. The predicted molar refractivity (Wildman–Crippen MR) is 89.3 cm³/mol. The van der Waals surface area contributed by atoms with Crippen LogP contribution in [0.2, 0.25) is 0 Å². The van der Waals surface area contributed by atoms with Crippen molar-refractivity contribution in [2.45, 2.75) is 20.8 Å². The van der Waals surface area contributed by atoms with Crippen molar-refractivity contribution in [2.24, 2.45) is 0 Å². The number of nitrogens with zero attached hydrogens (tertiary/aromatic N) is 4. The van der Waals surface area contributed by atoms with Crippen LogP contribution < -0.4 is 16.4 Å². The van der Waals surface area contributed by atoms with E-state index >= 15 is 0 Å². The molecule has 0 aliphatic carbocycles. The summed E-state index contributed by atoms with van der Waals surface area (Å²) in [6.07, 6.45) is 0. The van der Waals surface area contributed by atoms with Crippen LogP contribution in [0.4, 0.5) is 17.5 Å². The molecule has 0 atom stereocenters. The van der Waals surface area contributed by atoms with Gasteiger partial charge in [-0.25, -0.2) is 4.98 Å². The van der Waals surface area contributed by atoms with Gasteiger partial charge in [-0.2, -0.15) is 10.2 Å². The van der Waals surface area contributed by atoms with E-state index in [0.29, 0.717) is 5.69 Å². The molecule has 0 unspecified atom stereocenters. The molecule has 0 aliphatic heterocycles. The fourth-order valence-electron chi connectivity index (χ4n) is 2.50. The SMILES string of the molecule is CCN(CC)c1ccc(-c2nc(N)nc(N)c2C#N)c(C)c1. The Labute approximate surface area is 130 Å². The van der Waals surface area contributed by atoms with E-state index in [1.807, 2.05) is 19.1 Å². The lowest BCUT2D eigenvalue weighted by molar-refractivity contribution is 0.865. The number of nitrogen functional groups attached to an aromatic ring is 2. The van der Waals surface area contributed by atoms with E-state index in [1.54, 1.807) is 0 Å². The number of anilines is 3. The molecule has 6 nitrogen and oxygen atoms in total. The third-order valence-corrected chi connectivity index (χ3v) is 3.66. The van der Waals surface area contributed by atoms with Crippen molar-refractivity contribution in [3.63, 3.8) is 0 Å². The van der Waals surface area contributed by atoms with Gasteiger partial charge in [0.1, 0.15) is 17.5 Å². The minimum Gasteiger partial charge on any atom is -0.382 e. The van der Waals surface area contributed by atoms with Gasteiger partial charge >= 0.3 is 0 Å². The smallest absolute Gasteiger partial charge is 0.222 e. The van der Waals surface area contributed by atoms with E-state index in [2.05, 4.69) is 40.9 Å². The molecule has 1 aromatic carbocycles. The summed E-state index contributed by atoms with van der Waals surface area (Å²) in [6.45, 7) is 8.09. The molecule has 0 aliphatic rings. The van der Waals surface area contributed by atoms with Gasteiger partial charge in [-0.1, -0.05) is 6.07 Å². The van der Waals surface area contributed by atoms with E-state index in [0.717, 1.165) is 29.9 Å². The monoisotopic (exact) mass is 296 g/mol. The Morgan fingerprint density at radius 1 is 1.18 bits per heavy atom. The number of nitriles is 1. The highest BCUT2D eigenvalue weighted by Gasteiger charge is 2.15. The molecule has 0 radical (unpaired) electrons. The van der Waals surface area contributed by atoms with Crippen LogP contribution in [0.25, 0.3) is 11.3 Å². The number of nitrogens with two attached hydrogens (primary N) is 2. The van der Waals surface area contributed by atoms with Crippen LogP contribution in [-0.2, 0) is 0 Å². The Balaban J connectivity index is 2.58. The van der Waals surface area contributed by atoms with Crippen molar-refractivity contribution < 1.29 is 0 Å². The molecule has 0 fully saturated rings. The third kappa shape index (κ3) is 2.79. The molecule has 1 aromatic heterocycles. The lowest BCUT2D eigenvalue weighted by Crippen LogP contribution is -2.21. The number of rotatable bonds is 4. The zero-order valence-electron chi connectivity index (χ0n) is 13.1. The number of benzene rings is 1. The van der Waals surface area contributed by atoms with Crippen molar-refractivity contribution in [1.29, 1.82) is 5.26 Å². The zero-order valence-corrected chi connectivity index (χ0v) is 13.1. The molecule has 114 valence electrons. The average molecular weight is 296 g/mol. The second-order valence-electron chi connectivity index (χ2n) is 4.97. The molecule has 1 heterocycles. The Kier molecular flexibility index (Phi) is 4.47. The minimum absolute atomic E-state index is 0.0683. The normalized spacial score (nSPS) is 10.3. The number of aromatic nitrogens is 2. The van der Waals surface area contributed by atoms with E-state index in [9.17, 15) is 5.26 Å². The van der Waals surface area contributed by atoms with Crippen molar-refractivity contribution >= 4 is 17.5 Å². The largest absolute Gasteiger partial charge is 0.382 e. The molecule has 0 bridgehead atoms. The lowest BCUT2D eigenvalue weighted by Gasteiger charge is -2.22. The highest BCUT2D eigenvalue weighted by molar-refractivity contribution is 5.76. The van der Waals surface area contributed by atoms with Gasteiger partial charge in [0.05, 0.1) is 5.69 Å². The van der Waals surface area contributed by atoms with Crippen molar-refractivity contribution in [2.75, 3.05) is 29.5 Å². The summed E-state index contributed by atoms with van der Waals surface area (Å²) in [4.78, 5) is 10.3. The van der Waals surface area contributed by atoms with Crippen LogP contribution in [0.1, 0.15) is 25.0 Å². The van der Waals surface area contributed by atoms with E-state index in [1.165, 1.54) is 0 Å². The van der Waals surface area contributed by atoms with Crippen molar-refractivity contribution in [3.05, 3.63) is 29.3 Å². The second kappa shape index (κ2) is 6.31. The van der Waals surface area contributed by atoms with Crippen LogP contribution >= 0.6 is 0 Å². The summed E-state index contributed by atoms with van der Waals surface area (Å²) < 4.78 is 0. The summed E-state index contributed by atoms with van der Waals surface area (Å²) in [5.41, 5.74) is 15.2. The van der Waals surface area contributed by atoms with Crippen LogP contribution in [0.3, 0.4) is 0 Å². The van der Waals surface area contributed by atoms with Gasteiger partial charge < -0.3 is 16.4 Å². The first-order valence-electron chi connectivity index (χ1n) is 7.20. The standard InChI is InChI=1S/C16H20N6/c1-4-22(5-2)11-6-7-12(10(3)8-11)14-13(9-17)15(18)21-16(19)20-14/h6-8H,4-5H2,1-3H3,(H4,18,19,20,21).